The number of fused-ring (bicyclic) bond motifs is 2. The van der Waals surface area contributed by atoms with Crippen molar-refractivity contribution in [2.45, 2.75) is 13.3 Å². The molecule has 2 aliphatic heterocycles. The molecule has 1 amide bonds. The van der Waals surface area contributed by atoms with Crippen LogP contribution in [0.5, 0.6) is 0 Å². The first-order valence-corrected chi connectivity index (χ1v) is 12.3. The third-order valence-corrected chi connectivity index (χ3v) is 8.12. The minimum absolute atomic E-state index is 0.0279. The topological polar surface area (TPSA) is 78.1 Å². The summed E-state index contributed by atoms with van der Waals surface area (Å²) >= 11 is 6.70. The van der Waals surface area contributed by atoms with Crippen molar-refractivity contribution in [3.63, 3.8) is 0 Å². The molecule has 2 aromatic heterocycles. The predicted octanol–water partition coefficient (Wildman–Crippen LogP) is 4.85. The van der Waals surface area contributed by atoms with E-state index in [9.17, 15) is 10.1 Å². The highest BCUT2D eigenvalue weighted by Crippen LogP contribution is 2.46. The van der Waals surface area contributed by atoms with E-state index in [2.05, 4.69) is 22.6 Å². The smallest absolute Gasteiger partial charge is 0.245 e. The van der Waals surface area contributed by atoms with Gasteiger partial charge in [-0.2, -0.15) is 10.4 Å². The molecule has 4 heterocycles. The summed E-state index contributed by atoms with van der Waals surface area (Å²) in [5.41, 5.74) is 4.98. The summed E-state index contributed by atoms with van der Waals surface area (Å²) in [6.07, 6.45) is 4.12. The van der Waals surface area contributed by atoms with E-state index in [1.807, 2.05) is 53.9 Å². The Balaban J connectivity index is 1.55. The number of aromatic nitrogens is 3. The summed E-state index contributed by atoms with van der Waals surface area (Å²) in [5.74, 6) is 0.658. The van der Waals surface area contributed by atoms with E-state index in [0.717, 1.165) is 58.0 Å². The van der Waals surface area contributed by atoms with Gasteiger partial charge < -0.3 is 9.80 Å². The molecule has 2 aliphatic rings. The average Bonchev–Trinajstić information content (AvgIpc) is 3.47. The zero-order valence-electron chi connectivity index (χ0n) is 20.3. The molecular formula is C28H25ClN6O. The number of hydrogen-bond acceptors (Lipinski definition) is 5. The van der Waals surface area contributed by atoms with Crippen LogP contribution < -0.4 is 4.90 Å². The second-order valence-electron chi connectivity index (χ2n) is 9.95. The Morgan fingerprint density at radius 1 is 1.25 bits per heavy atom. The molecule has 4 aromatic rings. The molecule has 1 spiro atoms. The van der Waals surface area contributed by atoms with E-state index >= 15 is 0 Å². The van der Waals surface area contributed by atoms with Gasteiger partial charge in [0, 0.05) is 65.6 Å². The fourth-order valence-electron chi connectivity index (χ4n) is 5.93. The molecule has 0 aliphatic carbocycles. The molecule has 0 unspecified atom stereocenters. The van der Waals surface area contributed by atoms with Crippen LogP contribution in [-0.4, -0.2) is 51.8 Å². The monoisotopic (exact) mass is 496 g/mol. The van der Waals surface area contributed by atoms with Gasteiger partial charge in [-0.25, -0.2) is 4.98 Å². The lowest BCUT2D eigenvalue weighted by molar-refractivity contribution is -0.136. The van der Waals surface area contributed by atoms with Gasteiger partial charge in [0.25, 0.3) is 0 Å². The van der Waals surface area contributed by atoms with E-state index in [-0.39, 0.29) is 11.3 Å². The average molecular weight is 497 g/mol. The predicted molar refractivity (Wildman–Crippen MR) is 142 cm³/mol. The van der Waals surface area contributed by atoms with Crippen LogP contribution in [-0.2, 0) is 11.8 Å². The molecule has 0 N–H and O–H groups in total. The zero-order valence-corrected chi connectivity index (χ0v) is 21.0. The van der Waals surface area contributed by atoms with Crippen LogP contribution in [0, 0.1) is 23.7 Å². The molecule has 36 heavy (non-hydrogen) atoms. The number of halogens is 1. The van der Waals surface area contributed by atoms with Crippen LogP contribution in [0.3, 0.4) is 0 Å². The van der Waals surface area contributed by atoms with E-state index < -0.39 is 0 Å². The number of likely N-dealkylation sites (tertiary alicyclic amines) is 1. The zero-order chi connectivity index (χ0) is 25.2. The largest absolute Gasteiger partial charge is 0.355 e. The van der Waals surface area contributed by atoms with Crippen LogP contribution in [0.4, 0.5) is 5.82 Å². The minimum Gasteiger partial charge on any atom is -0.355 e. The third kappa shape index (κ3) is 3.21. The first-order valence-electron chi connectivity index (χ1n) is 12.0. The SMILES string of the molecule is C=CC(=O)N1CC2(CCN(c3nc4ccccc4c(-c4c(C)c(Cl)cc5cnn(C)c45)c3C#N)C2)C1. The van der Waals surface area contributed by atoms with Gasteiger partial charge in [-0.3, -0.25) is 9.48 Å². The minimum atomic E-state index is -0.0282. The Bertz CT molecular complexity index is 1630. The van der Waals surface area contributed by atoms with E-state index in [4.69, 9.17) is 16.6 Å². The van der Waals surface area contributed by atoms with Crippen molar-refractivity contribution in [2.24, 2.45) is 12.5 Å². The number of para-hydroxylation sites is 1. The number of nitrogens with zero attached hydrogens (tertiary/aromatic N) is 6. The Kier molecular flexibility index (Phi) is 5.06. The Morgan fingerprint density at radius 2 is 2.03 bits per heavy atom. The third-order valence-electron chi connectivity index (χ3n) is 7.73. The summed E-state index contributed by atoms with van der Waals surface area (Å²) in [4.78, 5) is 21.1. The van der Waals surface area contributed by atoms with Gasteiger partial charge >= 0.3 is 0 Å². The summed E-state index contributed by atoms with van der Waals surface area (Å²) in [7, 11) is 1.91. The molecule has 0 atom stereocenters. The number of carbonyl (C=O) groups excluding carboxylic acids is 1. The quantitative estimate of drug-likeness (QED) is 0.379. The number of anilines is 1. The lowest BCUT2D eigenvalue weighted by atomic mass is 9.79. The molecule has 7 nitrogen and oxygen atoms in total. The lowest BCUT2D eigenvalue weighted by Gasteiger charge is -2.47. The second-order valence-corrected chi connectivity index (χ2v) is 10.4. The van der Waals surface area contributed by atoms with Crippen LogP contribution in [0.1, 0.15) is 17.5 Å². The fourth-order valence-corrected chi connectivity index (χ4v) is 6.14. The summed E-state index contributed by atoms with van der Waals surface area (Å²) in [6.45, 7) is 8.55. The number of carbonyl (C=O) groups is 1. The van der Waals surface area contributed by atoms with Crippen molar-refractivity contribution >= 4 is 45.1 Å². The van der Waals surface area contributed by atoms with Gasteiger partial charge in [-0.15, -0.1) is 0 Å². The Morgan fingerprint density at radius 3 is 2.78 bits per heavy atom. The van der Waals surface area contributed by atoms with Gasteiger partial charge in [-0.05, 0) is 37.1 Å². The second kappa shape index (κ2) is 8.07. The van der Waals surface area contributed by atoms with Gasteiger partial charge in [0.15, 0.2) is 0 Å². The van der Waals surface area contributed by atoms with Crippen LogP contribution in [0.2, 0.25) is 5.02 Å². The van der Waals surface area contributed by atoms with Crippen molar-refractivity contribution in [1.82, 2.24) is 19.7 Å². The highest BCUT2D eigenvalue weighted by Gasteiger charge is 2.49. The van der Waals surface area contributed by atoms with Gasteiger partial charge in [0.2, 0.25) is 5.91 Å². The Labute approximate surface area is 214 Å². The molecule has 8 heteroatoms. The standard InChI is InChI=1S/C28H25ClN6O/c1-4-23(36)35-15-28(16-35)9-10-34(14-28)27-20(12-30)25(19-7-5-6-8-22(19)32-27)24-17(2)21(29)11-18-13-31-33(3)26(18)24/h4-8,11,13H,1,9-10,14-16H2,2-3H3. The van der Waals surface area contributed by atoms with Crippen molar-refractivity contribution < 1.29 is 4.79 Å². The number of hydrogen-bond donors (Lipinski definition) is 0. The molecule has 2 fully saturated rings. The number of nitriles is 1. The molecule has 0 bridgehead atoms. The lowest BCUT2D eigenvalue weighted by Crippen LogP contribution is -2.59. The first-order chi connectivity index (χ1) is 17.4. The highest BCUT2D eigenvalue weighted by atomic mass is 35.5. The molecule has 6 rings (SSSR count). The molecule has 2 aromatic carbocycles. The molecule has 2 saturated heterocycles. The summed E-state index contributed by atoms with van der Waals surface area (Å²) < 4.78 is 1.84. The van der Waals surface area contributed by atoms with Crippen LogP contribution in [0.25, 0.3) is 32.9 Å². The van der Waals surface area contributed by atoms with Crippen molar-refractivity contribution in [3.05, 3.63) is 65.3 Å². The van der Waals surface area contributed by atoms with Gasteiger partial charge in [0.05, 0.1) is 17.2 Å². The van der Waals surface area contributed by atoms with Crippen LogP contribution >= 0.6 is 11.6 Å². The fraction of sp³-hybridized carbons (Fsp3) is 0.286. The maximum atomic E-state index is 12.0. The number of aryl methyl sites for hydroxylation is 1. The van der Waals surface area contributed by atoms with Gasteiger partial charge in [-0.1, -0.05) is 36.4 Å². The van der Waals surface area contributed by atoms with E-state index in [1.54, 1.807) is 6.20 Å². The van der Waals surface area contributed by atoms with E-state index in [1.165, 1.54) is 6.08 Å². The normalized spacial score (nSPS) is 16.5. The van der Waals surface area contributed by atoms with Crippen molar-refractivity contribution in [3.8, 4) is 17.2 Å². The molecule has 0 saturated carbocycles. The number of pyridine rings is 1. The molecule has 0 radical (unpaired) electrons. The van der Waals surface area contributed by atoms with Crippen LogP contribution in [0.15, 0.2) is 49.2 Å². The first kappa shape index (κ1) is 22.6. The number of benzene rings is 2. The molecular weight excluding hydrogens is 472 g/mol. The summed E-state index contributed by atoms with van der Waals surface area (Å²) in [6, 6.07) is 12.4. The maximum Gasteiger partial charge on any atom is 0.245 e. The summed E-state index contributed by atoms with van der Waals surface area (Å²) in [5, 5.41) is 17.5. The maximum absolute atomic E-state index is 12.0. The number of amides is 1. The van der Waals surface area contributed by atoms with Gasteiger partial charge in [0.1, 0.15) is 17.5 Å². The van der Waals surface area contributed by atoms with E-state index in [0.29, 0.717) is 29.5 Å². The Hall–Kier alpha value is -3.89. The van der Waals surface area contributed by atoms with Crippen molar-refractivity contribution in [2.75, 3.05) is 31.1 Å². The highest BCUT2D eigenvalue weighted by molar-refractivity contribution is 6.33. The number of rotatable bonds is 3. The molecule has 180 valence electrons. The van der Waals surface area contributed by atoms with Crippen molar-refractivity contribution in [1.29, 1.82) is 5.26 Å².